The predicted molar refractivity (Wildman–Crippen MR) is 88.2 cm³/mol. The molecule has 0 radical (unpaired) electrons. The minimum absolute atomic E-state index is 0.245. The summed E-state index contributed by atoms with van der Waals surface area (Å²) in [5.74, 6) is -3.03. The van der Waals surface area contributed by atoms with E-state index >= 15 is 0 Å². The lowest BCUT2D eigenvalue weighted by Gasteiger charge is -2.31. The quantitative estimate of drug-likeness (QED) is 0.367. The Hall–Kier alpha value is -2.47. The van der Waals surface area contributed by atoms with E-state index in [0.717, 1.165) is 23.8 Å². The fourth-order valence-electron chi connectivity index (χ4n) is 3.81. The van der Waals surface area contributed by atoms with Crippen LogP contribution in [0.2, 0.25) is 0 Å². The second kappa shape index (κ2) is 6.11. The highest BCUT2D eigenvalue weighted by Crippen LogP contribution is 2.43. The highest BCUT2D eigenvalue weighted by Gasteiger charge is 2.54. The molecule has 2 aromatic rings. The first kappa shape index (κ1) is 16.0. The second-order valence-electron chi connectivity index (χ2n) is 6.49. The molecule has 0 bridgehead atoms. The minimum atomic E-state index is -0.941. The Morgan fingerprint density at radius 2 is 1.96 bits per heavy atom. The maximum absolute atomic E-state index is 12.5. The van der Waals surface area contributed by atoms with Crippen LogP contribution in [0.3, 0.4) is 0 Å². The molecular formula is C19H18O6. The van der Waals surface area contributed by atoms with Crippen LogP contribution in [0.5, 0.6) is 0 Å². The summed E-state index contributed by atoms with van der Waals surface area (Å²) in [5, 5.41) is 0.770. The fraction of sp³-hybridized carbons (Fsp3) is 0.421. The molecule has 2 heterocycles. The number of hydrogen-bond acceptors (Lipinski definition) is 6. The highest BCUT2D eigenvalue weighted by molar-refractivity contribution is 6.01. The van der Waals surface area contributed by atoms with Crippen LogP contribution in [0, 0.1) is 5.92 Å². The van der Waals surface area contributed by atoms with E-state index in [-0.39, 0.29) is 5.56 Å². The maximum atomic E-state index is 12.5. The zero-order valence-corrected chi connectivity index (χ0v) is 13.8. The van der Waals surface area contributed by atoms with Crippen molar-refractivity contribution >= 4 is 22.9 Å². The molecule has 0 saturated carbocycles. The smallest absolute Gasteiger partial charge is 0.340 e. The molecule has 0 spiro atoms. The first-order valence-electron chi connectivity index (χ1n) is 8.53. The second-order valence-corrected chi connectivity index (χ2v) is 6.49. The van der Waals surface area contributed by atoms with Gasteiger partial charge in [-0.15, -0.1) is 0 Å². The van der Waals surface area contributed by atoms with Crippen molar-refractivity contribution in [3.05, 3.63) is 45.8 Å². The largest absolute Gasteiger partial charge is 0.422 e. The van der Waals surface area contributed by atoms with E-state index in [1.165, 1.54) is 0 Å². The average molecular weight is 342 g/mol. The van der Waals surface area contributed by atoms with Gasteiger partial charge in [-0.05, 0) is 18.1 Å². The average Bonchev–Trinajstić information content (AvgIpc) is 2.90. The lowest BCUT2D eigenvalue weighted by Crippen LogP contribution is -2.40. The van der Waals surface area contributed by atoms with E-state index in [9.17, 15) is 14.4 Å². The van der Waals surface area contributed by atoms with Crippen LogP contribution in [0.1, 0.15) is 36.8 Å². The summed E-state index contributed by atoms with van der Waals surface area (Å²) in [6.07, 6.45) is 1.73. The summed E-state index contributed by atoms with van der Waals surface area (Å²) in [6.45, 7) is 2.55. The molecule has 1 aromatic heterocycles. The molecule has 1 aromatic carbocycles. The van der Waals surface area contributed by atoms with Gasteiger partial charge in [-0.1, -0.05) is 31.5 Å². The fourth-order valence-corrected chi connectivity index (χ4v) is 3.81. The molecule has 130 valence electrons. The van der Waals surface area contributed by atoms with Crippen LogP contribution < -0.4 is 5.63 Å². The monoisotopic (exact) mass is 342 g/mol. The summed E-state index contributed by atoms with van der Waals surface area (Å²) < 4.78 is 16.1. The number of benzene rings is 1. The number of esters is 2. The Labute approximate surface area is 143 Å². The molecular weight excluding hydrogens is 324 g/mol. The Morgan fingerprint density at radius 1 is 1.16 bits per heavy atom. The van der Waals surface area contributed by atoms with Gasteiger partial charge in [0.25, 0.3) is 0 Å². The topological polar surface area (TPSA) is 82.8 Å². The minimum Gasteiger partial charge on any atom is -0.422 e. The molecule has 1 aliphatic carbocycles. The Bertz CT molecular complexity index is 912. The standard InChI is InChI=1S/C19H18O6/c1-2-3-8-23-13-9-11-10-6-4-5-7-12(10)24-17(20)14(11)16-15(13)18(21)25-19(16)22/h4-7,13,15-16H,2-3,8-9H2,1H3/t13-,15-,16+/m0/s1. The van der Waals surface area contributed by atoms with Crippen LogP contribution in [0.15, 0.2) is 33.5 Å². The van der Waals surface area contributed by atoms with Gasteiger partial charge in [-0.3, -0.25) is 9.59 Å². The van der Waals surface area contributed by atoms with Crippen molar-refractivity contribution in [1.82, 2.24) is 0 Å². The van der Waals surface area contributed by atoms with Crippen LogP contribution in [0.25, 0.3) is 11.0 Å². The number of carbonyl (C=O) groups excluding carboxylic acids is 2. The molecule has 1 fully saturated rings. The van der Waals surface area contributed by atoms with Gasteiger partial charge in [-0.25, -0.2) is 4.79 Å². The number of para-hydroxylation sites is 1. The van der Waals surface area contributed by atoms with Crippen LogP contribution >= 0.6 is 0 Å². The molecule has 2 aliphatic rings. The van der Waals surface area contributed by atoms with E-state index in [1.807, 2.05) is 12.1 Å². The summed E-state index contributed by atoms with van der Waals surface area (Å²) in [4.78, 5) is 37.0. The molecule has 25 heavy (non-hydrogen) atoms. The number of hydrogen-bond donors (Lipinski definition) is 0. The summed E-state index contributed by atoms with van der Waals surface area (Å²) in [5.41, 5.74) is 0.855. The molecule has 1 aliphatic heterocycles. The van der Waals surface area contributed by atoms with E-state index in [2.05, 4.69) is 6.92 Å². The van der Waals surface area contributed by atoms with E-state index in [4.69, 9.17) is 13.9 Å². The van der Waals surface area contributed by atoms with Crippen molar-refractivity contribution in [3.63, 3.8) is 0 Å². The predicted octanol–water partition coefficient (Wildman–Crippen LogP) is 2.32. The third kappa shape index (κ3) is 2.48. The molecule has 1 saturated heterocycles. The highest BCUT2D eigenvalue weighted by atomic mass is 16.6. The first-order valence-corrected chi connectivity index (χ1v) is 8.53. The number of cyclic esters (lactones) is 2. The van der Waals surface area contributed by atoms with Crippen molar-refractivity contribution in [2.45, 2.75) is 38.2 Å². The molecule has 0 unspecified atom stereocenters. The van der Waals surface area contributed by atoms with Crippen LogP contribution in [-0.4, -0.2) is 24.6 Å². The first-order chi connectivity index (χ1) is 12.1. The number of ether oxygens (including phenoxy) is 2. The Kier molecular flexibility index (Phi) is 3.92. The van der Waals surface area contributed by atoms with Gasteiger partial charge in [-0.2, -0.15) is 0 Å². The van der Waals surface area contributed by atoms with E-state index in [1.54, 1.807) is 12.1 Å². The van der Waals surface area contributed by atoms with Crippen LogP contribution in [-0.2, 0) is 25.5 Å². The van der Waals surface area contributed by atoms with Gasteiger partial charge in [0.1, 0.15) is 17.4 Å². The van der Waals surface area contributed by atoms with Gasteiger partial charge in [0, 0.05) is 18.4 Å². The van der Waals surface area contributed by atoms with Gasteiger partial charge >= 0.3 is 17.6 Å². The van der Waals surface area contributed by atoms with E-state index < -0.39 is 35.5 Å². The number of unbranched alkanes of at least 4 members (excludes halogenated alkanes) is 1. The third-order valence-electron chi connectivity index (χ3n) is 4.99. The van der Waals surface area contributed by atoms with Crippen molar-refractivity contribution in [2.75, 3.05) is 6.61 Å². The Morgan fingerprint density at radius 3 is 2.76 bits per heavy atom. The van der Waals surface area contributed by atoms with Crippen molar-refractivity contribution < 1.29 is 23.5 Å². The summed E-state index contributed by atoms with van der Waals surface area (Å²) in [6, 6.07) is 7.20. The molecule has 0 N–H and O–H groups in total. The lowest BCUT2D eigenvalue weighted by atomic mass is 9.74. The van der Waals surface area contributed by atoms with Crippen molar-refractivity contribution in [2.24, 2.45) is 5.92 Å². The van der Waals surface area contributed by atoms with Gasteiger partial charge in [0.05, 0.1) is 11.7 Å². The summed E-state index contributed by atoms with van der Waals surface area (Å²) >= 11 is 0. The molecule has 6 heteroatoms. The molecule has 6 nitrogen and oxygen atoms in total. The van der Waals surface area contributed by atoms with Crippen molar-refractivity contribution in [1.29, 1.82) is 0 Å². The summed E-state index contributed by atoms with van der Waals surface area (Å²) in [7, 11) is 0. The maximum Gasteiger partial charge on any atom is 0.340 e. The van der Waals surface area contributed by atoms with Gasteiger partial charge in [0.2, 0.25) is 0 Å². The molecule has 3 atom stereocenters. The van der Waals surface area contributed by atoms with Crippen LogP contribution in [0.4, 0.5) is 0 Å². The third-order valence-corrected chi connectivity index (χ3v) is 4.99. The number of fused-ring (bicyclic) bond motifs is 5. The number of rotatable bonds is 4. The zero-order chi connectivity index (χ0) is 17.6. The lowest BCUT2D eigenvalue weighted by molar-refractivity contribution is -0.154. The Balaban J connectivity index is 1.87. The van der Waals surface area contributed by atoms with E-state index in [0.29, 0.717) is 18.6 Å². The van der Waals surface area contributed by atoms with Crippen molar-refractivity contribution in [3.8, 4) is 0 Å². The number of carbonyl (C=O) groups is 2. The van der Waals surface area contributed by atoms with Gasteiger partial charge in [0.15, 0.2) is 0 Å². The van der Waals surface area contributed by atoms with Gasteiger partial charge < -0.3 is 13.9 Å². The molecule has 4 rings (SSSR count). The molecule has 0 amide bonds. The zero-order valence-electron chi connectivity index (χ0n) is 13.8. The normalized spacial score (nSPS) is 24.9. The SMILES string of the molecule is CCCCO[C@H]1Cc2c(c(=O)oc3ccccc23)[C@H]2C(=O)OC(=O)[C@@H]12.